The Morgan fingerprint density at radius 2 is 1.73 bits per heavy atom. The number of aromatic hydroxyl groups is 1. The number of rotatable bonds is 11. The fourth-order valence-corrected chi connectivity index (χ4v) is 5.46. The van der Waals surface area contributed by atoms with Crippen molar-refractivity contribution in [2.75, 3.05) is 27.2 Å². The number of carbonyl (C=O) groups excluding carboxylic acids is 3. The average molecular weight is 507 g/mol. The summed E-state index contributed by atoms with van der Waals surface area (Å²) < 4.78 is 0. The van der Waals surface area contributed by atoms with E-state index in [-0.39, 0.29) is 29.9 Å². The van der Waals surface area contributed by atoms with Gasteiger partial charge in [0.1, 0.15) is 17.8 Å². The topological polar surface area (TPSA) is 102 Å². The van der Waals surface area contributed by atoms with E-state index in [9.17, 15) is 19.5 Å². The number of hydrogen-bond acceptors (Lipinski definition) is 5. The summed E-state index contributed by atoms with van der Waals surface area (Å²) in [6.45, 7) is 1.63. The van der Waals surface area contributed by atoms with Gasteiger partial charge in [0.15, 0.2) is 0 Å². The minimum atomic E-state index is -0.694. The van der Waals surface area contributed by atoms with Crippen LogP contribution in [0, 0.1) is 5.92 Å². The van der Waals surface area contributed by atoms with Crippen LogP contribution in [0.5, 0.6) is 5.75 Å². The molecule has 2 heterocycles. The van der Waals surface area contributed by atoms with Crippen molar-refractivity contribution in [2.24, 2.45) is 5.92 Å². The van der Waals surface area contributed by atoms with Gasteiger partial charge in [-0.05, 0) is 63.2 Å². The highest BCUT2D eigenvalue weighted by Gasteiger charge is 2.54. The molecule has 0 radical (unpaired) electrons. The molecule has 37 heavy (non-hydrogen) atoms. The number of phenols is 1. The van der Waals surface area contributed by atoms with E-state index in [2.05, 4.69) is 29.6 Å². The Labute approximate surface area is 219 Å². The number of carbonyl (C=O) groups is 3. The molecule has 2 fully saturated rings. The minimum absolute atomic E-state index is 0.109. The average Bonchev–Trinajstić information content (AvgIpc) is 3.29. The second-order valence-electron chi connectivity index (χ2n) is 10.4. The smallest absolute Gasteiger partial charge is 0.246 e. The van der Waals surface area contributed by atoms with Crippen LogP contribution in [0.15, 0.2) is 54.6 Å². The molecule has 2 aliphatic rings. The maximum Gasteiger partial charge on any atom is 0.246 e. The highest BCUT2D eigenvalue weighted by molar-refractivity contribution is 5.99. The molecule has 2 aromatic carbocycles. The number of unbranched alkanes of at least 4 members (excludes halogenated alkanes) is 3. The van der Waals surface area contributed by atoms with E-state index in [0.29, 0.717) is 13.0 Å². The SMILES string of the molecule is CN(C)CCCCCCNC(=O)[C@@H]1C[C@@H]2C(=O)N[C@@H](Cc3ccccc3)C(=O)N2[C@@H]1c1ccc(O)cc1. The molecule has 2 aromatic rings. The van der Waals surface area contributed by atoms with Crippen molar-refractivity contribution >= 4 is 17.7 Å². The summed E-state index contributed by atoms with van der Waals surface area (Å²) in [7, 11) is 4.13. The van der Waals surface area contributed by atoms with Gasteiger partial charge in [-0.3, -0.25) is 14.4 Å². The Hall–Kier alpha value is -3.39. The number of phenolic OH excluding ortho intramolecular Hbond substituents is 1. The van der Waals surface area contributed by atoms with Crippen molar-refractivity contribution in [1.29, 1.82) is 0 Å². The number of nitrogens with one attached hydrogen (secondary N) is 2. The fraction of sp³-hybridized carbons (Fsp3) is 0.483. The first-order valence-corrected chi connectivity index (χ1v) is 13.2. The highest BCUT2D eigenvalue weighted by atomic mass is 16.3. The van der Waals surface area contributed by atoms with Crippen molar-refractivity contribution in [2.45, 2.75) is 56.7 Å². The van der Waals surface area contributed by atoms with Crippen molar-refractivity contribution in [3.8, 4) is 5.75 Å². The third-order valence-corrected chi connectivity index (χ3v) is 7.35. The lowest BCUT2D eigenvalue weighted by Crippen LogP contribution is -2.62. The summed E-state index contributed by atoms with van der Waals surface area (Å²) in [6.07, 6.45) is 4.83. The molecule has 198 valence electrons. The molecule has 8 nitrogen and oxygen atoms in total. The summed E-state index contributed by atoms with van der Waals surface area (Å²) in [4.78, 5) is 44.0. The predicted molar refractivity (Wildman–Crippen MR) is 142 cm³/mol. The third kappa shape index (κ3) is 6.49. The molecule has 4 rings (SSSR count). The molecule has 3 N–H and O–H groups in total. The number of amides is 3. The van der Waals surface area contributed by atoms with Gasteiger partial charge >= 0.3 is 0 Å². The lowest BCUT2D eigenvalue weighted by molar-refractivity contribution is -0.149. The second kappa shape index (κ2) is 12.2. The number of fused-ring (bicyclic) bond motifs is 1. The first kappa shape index (κ1) is 26.7. The maximum absolute atomic E-state index is 13.7. The van der Waals surface area contributed by atoms with Crippen molar-refractivity contribution in [3.63, 3.8) is 0 Å². The second-order valence-corrected chi connectivity index (χ2v) is 10.4. The maximum atomic E-state index is 13.7. The Kier molecular flexibility index (Phi) is 8.82. The van der Waals surface area contributed by atoms with E-state index in [1.165, 1.54) is 0 Å². The van der Waals surface area contributed by atoms with E-state index in [4.69, 9.17) is 0 Å². The Morgan fingerprint density at radius 3 is 2.43 bits per heavy atom. The molecule has 3 amide bonds. The summed E-state index contributed by atoms with van der Waals surface area (Å²) in [6, 6.07) is 14.2. The van der Waals surface area contributed by atoms with E-state index in [0.717, 1.165) is 43.4 Å². The Morgan fingerprint density at radius 1 is 1.03 bits per heavy atom. The van der Waals surface area contributed by atoms with Gasteiger partial charge in [0.05, 0.1) is 12.0 Å². The molecule has 0 aromatic heterocycles. The van der Waals surface area contributed by atoms with Crippen LogP contribution in [0.3, 0.4) is 0 Å². The summed E-state index contributed by atoms with van der Waals surface area (Å²) in [5.74, 6) is -0.976. The molecule has 2 aliphatic heterocycles. The van der Waals surface area contributed by atoms with E-state index >= 15 is 0 Å². The molecule has 8 heteroatoms. The summed E-state index contributed by atoms with van der Waals surface area (Å²) >= 11 is 0. The van der Waals surface area contributed by atoms with Crippen LogP contribution in [0.4, 0.5) is 0 Å². The molecule has 0 aliphatic carbocycles. The van der Waals surface area contributed by atoms with Crippen molar-refractivity contribution in [3.05, 3.63) is 65.7 Å². The molecule has 4 atom stereocenters. The fourth-order valence-electron chi connectivity index (χ4n) is 5.46. The van der Waals surface area contributed by atoms with Crippen molar-refractivity contribution in [1.82, 2.24) is 20.4 Å². The quantitative estimate of drug-likeness (QED) is 0.407. The first-order chi connectivity index (χ1) is 17.8. The van der Waals surface area contributed by atoms with Gasteiger partial charge < -0.3 is 25.5 Å². The molecule has 0 unspecified atom stereocenters. The number of benzene rings is 2. The third-order valence-electron chi connectivity index (χ3n) is 7.35. The normalized spacial score (nSPS) is 23.2. The lowest BCUT2D eigenvalue weighted by atomic mass is 9.92. The van der Waals surface area contributed by atoms with E-state index in [1.807, 2.05) is 30.3 Å². The molecule has 0 bridgehead atoms. The Balaban J connectivity index is 1.48. The summed E-state index contributed by atoms with van der Waals surface area (Å²) in [5.41, 5.74) is 1.70. The van der Waals surface area contributed by atoms with Gasteiger partial charge in [0.25, 0.3) is 0 Å². The highest BCUT2D eigenvalue weighted by Crippen LogP contribution is 2.43. The summed E-state index contributed by atoms with van der Waals surface area (Å²) in [5, 5.41) is 15.8. The molecular formula is C29H38N4O4. The minimum Gasteiger partial charge on any atom is -0.508 e. The first-order valence-electron chi connectivity index (χ1n) is 13.2. The predicted octanol–water partition coefficient (Wildman–Crippen LogP) is 2.63. The van der Waals surface area contributed by atoms with Crippen LogP contribution in [0.25, 0.3) is 0 Å². The zero-order chi connectivity index (χ0) is 26.4. The largest absolute Gasteiger partial charge is 0.508 e. The van der Waals surface area contributed by atoms with E-state index in [1.54, 1.807) is 29.2 Å². The van der Waals surface area contributed by atoms with Crippen LogP contribution in [-0.4, -0.2) is 71.9 Å². The zero-order valence-electron chi connectivity index (χ0n) is 21.7. The van der Waals surface area contributed by atoms with Gasteiger partial charge in [-0.2, -0.15) is 0 Å². The zero-order valence-corrected chi connectivity index (χ0v) is 21.7. The molecule has 0 spiro atoms. The monoisotopic (exact) mass is 506 g/mol. The lowest BCUT2D eigenvalue weighted by Gasteiger charge is -2.38. The number of piperazine rings is 1. The standard InChI is InChI=1S/C29H38N4O4/c1-32(2)17-9-4-3-8-16-30-27(35)23-19-25-28(36)31-24(18-20-10-6-5-7-11-20)29(37)33(25)26(23)21-12-14-22(34)15-13-21/h5-7,10-15,23-26,34H,3-4,8-9,16-19H2,1-2H3,(H,30,35)(H,31,36)/t23-,24+,25-,26-/m1/s1. The van der Waals surface area contributed by atoms with Crippen LogP contribution in [0.1, 0.15) is 49.3 Å². The van der Waals surface area contributed by atoms with Crippen LogP contribution in [0.2, 0.25) is 0 Å². The van der Waals surface area contributed by atoms with Crippen LogP contribution < -0.4 is 10.6 Å². The van der Waals surface area contributed by atoms with Crippen LogP contribution >= 0.6 is 0 Å². The van der Waals surface area contributed by atoms with Gasteiger partial charge in [0.2, 0.25) is 17.7 Å². The van der Waals surface area contributed by atoms with Gasteiger partial charge in [-0.1, -0.05) is 55.3 Å². The Bertz CT molecular complexity index is 1070. The van der Waals surface area contributed by atoms with Gasteiger partial charge in [-0.25, -0.2) is 0 Å². The number of nitrogens with zero attached hydrogens (tertiary/aromatic N) is 2. The van der Waals surface area contributed by atoms with Crippen molar-refractivity contribution < 1.29 is 19.5 Å². The molecule has 2 saturated heterocycles. The van der Waals surface area contributed by atoms with Gasteiger partial charge in [0, 0.05) is 13.0 Å². The number of hydrogen-bond donors (Lipinski definition) is 3. The van der Waals surface area contributed by atoms with E-state index < -0.39 is 24.0 Å². The molecular weight excluding hydrogens is 468 g/mol. The van der Waals surface area contributed by atoms with Crippen LogP contribution in [-0.2, 0) is 20.8 Å². The van der Waals surface area contributed by atoms with Gasteiger partial charge in [-0.15, -0.1) is 0 Å². The molecule has 0 saturated carbocycles.